The monoisotopic (exact) mass is 458 g/mol. The number of hydrogen-bond acceptors (Lipinski definition) is 4. The number of halogens is 1. The van der Waals surface area contributed by atoms with Gasteiger partial charge >= 0.3 is 0 Å². The number of aldehydes is 1. The molecule has 0 aliphatic carbocycles. The van der Waals surface area contributed by atoms with Crippen LogP contribution in [0.5, 0.6) is 0 Å². The third-order valence-electron chi connectivity index (χ3n) is 6.45. The number of para-hydroxylation sites is 1. The molecule has 0 saturated carbocycles. The highest BCUT2D eigenvalue weighted by molar-refractivity contribution is 6.33. The van der Waals surface area contributed by atoms with Crippen molar-refractivity contribution in [2.45, 2.75) is 25.7 Å². The highest BCUT2D eigenvalue weighted by Crippen LogP contribution is 2.38. The summed E-state index contributed by atoms with van der Waals surface area (Å²) in [6.07, 6.45) is 3.99. The van der Waals surface area contributed by atoms with Crippen LogP contribution in [0.25, 0.3) is 0 Å². The van der Waals surface area contributed by atoms with Gasteiger partial charge in [-0.1, -0.05) is 41.9 Å². The van der Waals surface area contributed by atoms with Gasteiger partial charge in [-0.05, 0) is 67.1 Å². The Bertz CT molecular complexity index is 1230. The molecule has 0 fully saturated rings. The first-order chi connectivity index (χ1) is 16.1. The Kier molecular flexibility index (Phi) is 5.73. The minimum atomic E-state index is -0.214. The zero-order valence-electron chi connectivity index (χ0n) is 18.1. The zero-order chi connectivity index (χ0) is 22.9. The lowest BCUT2D eigenvalue weighted by Gasteiger charge is -2.28. The van der Waals surface area contributed by atoms with Crippen molar-refractivity contribution in [1.29, 1.82) is 0 Å². The van der Waals surface area contributed by atoms with E-state index >= 15 is 0 Å². The lowest BCUT2D eigenvalue weighted by atomic mass is 10.0. The third-order valence-corrected chi connectivity index (χ3v) is 6.78. The highest BCUT2D eigenvalue weighted by atomic mass is 35.5. The first-order valence-corrected chi connectivity index (χ1v) is 11.5. The Morgan fingerprint density at radius 2 is 1.36 bits per heavy atom. The van der Waals surface area contributed by atoms with Crippen LogP contribution < -0.4 is 4.90 Å². The second kappa shape index (κ2) is 8.83. The van der Waals surface area contributed by atoms with E-state index in [4.69, 9.17) is 11.6 Å². The average molecular weight is 459 g/mol. The molecule has 0 bridgehead atoms. The molecule has 0 unspecified atom stereocenters. The van der Waals surface area contributed by atoms with Gasteiger partial charge in [-0.3, -0.25) is 19.3 Å². The Morgan fingerprint density at radius 1 is 0.758 bits per heavy atom. The number of amides is 2. The van der Waals surface area contributed by atoms with Crippen molar-refractivity contribution in [3.8, 4) is 0 Å². The van der Waals surface area contributed by atoms with Crippen LogP contribution in [0.2, 0.25) is 5.02 Å². The maximum absolute atomic E-state index is 12.6. The number of imide groups is 1. The SMILES string of the molecule is O=Cc1cc2c(cc1Cl)N(CCCCN1C(=O)c3ccccc3C1=O)c1ccccc1CC2. The summed E-state index contributed by atoms with van der Waals surface area (Å²) in [7, 11) is 0. The van der Waals surface area contributed by atoms with Gasteiger partial charge in [0.15, 0.2) is 6.29 Å². The smallest absolute Gasteiger partial charge is 0.261 e. The van der Waals surface area contributed by atoms with Gasteiger partial charge in [-0.2, -0.15) is 0 Å². The summed E-state index contributed by atoms with van der Waals surface area (Å²) in [6, 6.07) is 19.1. The van der Waals surface area contributed by atoms with Gasteiger partial charge < -0.3 is 4.90 Å². The van der Waals surface area contributed by atoms with Crippen LogP contribution in [-0.4, -0.2) is 36.1 Å². The van der Waals surface area contributed by atoms with Crippen LogP contribution in [0.4, 0.5) is 11.4 Å². The van der Waals surface area contributed by atoms with Gasteiger partial charge in [0.25, 0.3) is 11.8 Å². The Balaban J connectivity index is 1.34. The molecular weight excluding hydrogens is 436 g/mol. The Hall–Kier alpha value is -3.44. The molecular formula is C27H23ClN2O3. The molecule has 33 heavy (non-hydrogen) atoms. The second-order valence-corrected chi connectivity index (χ2v) is 8.82. The van der Waals surface area contributed by atoms with Crippen molar-refractivity contribution >= 4 is 41.1 Å². The fourth-order valence-corrected chi connectivity index (χ4v) is 4.98. The fourth-order valence-electron chi connectivity index (χ4n) is 4.78. The van der Waals surface area contributed by atoms with E-state index in [1.54, 1.807) is 24.3 Å². The van der Waals surface area contributed by atoms with Gasteiger partial charge in [-0.25, -0.2) is 0 Å². The van der Waals surface area contributed by atoms with Crippen molar-refractivity contribution in [1.82, 2.24) is 4.90 Å². The lowest BCUT2D eigenvalue weighted by Crippen LogP contribution is -2.31. The molecule has 0 aromatic heterocycles. The topological polar surface area (TPSA) is 57.7 Å². The van der Waals surface area contributed by atoms with Crippen molar-refractivity contribution in [2.24, 2.45) is 0 Å². The molecule has 0 radical (unpaired) electrons. The summed E-state index contributed by atoms with van der Waals surface area (Å²) in [4.78, 5) is 40.3. The van der Waals surface area contributed by atoms with Crippen LogP contribution in [0.3, 0.4) is 0 Å². The van der Waals surface area contributed by atoms with Crippen molar-refractivity contribution in [3.05, 3.63) is 93.5 Å². The zero-order valence-corrected chi connectivity index (χ0v) is 18.8. The molecule has 0 saturated heterocycles. The first-order valence-electron chi connectivity index (χ1n) is 11.2. The van der Waals surface area contributed by atoms with E-state index in [-0.39, 0.29) is 11.8 Å². The molecule has 5 nitrogen and oxygen atoms in total. The van der Waals surface area contributed by atoms with Crippen molar-refractivity contribution in [2.75, 3.05) is 18.0 Å². The van der Waals surface area contributed by atoms with Gasteiger partial charge in [0.2, 0.25) is 0 Å². The fraction of sp³-hybridized carbons (Fsp3) is 0.222. The van der Waals surface area contributed by atoms with Gasteiger partial charge in [0, 0.05) is 30.0 Å². The molecule has 0 atom stereocenters. The van der Waals surface area contributed by atoms with Crippen molar-refractivity contribution in [3.63, 3.8) is 0 Å². The number of anilines is 2. The Morgan fingerprint density at radius 3 is 2.06 bits per heavy atom. The predicted molar refractivity (Wildman–Crippen MR) is 129 cm³/mol. The number of nitrogens with zero attached hydrogens (tertiary/aromatic N) is 2. The quantitative estimate of drug-likeness (QED) is 0.279. The summed E-state index contributed by atoms with van der Waals surface area (Å²) >= 11 is 6.39. The molecule has 0 N–H and O–H groups in total. The molecule has 3 aromatic carbocycles. The number of carbonyl (C=O) groups excluding carboxylic acids is 3. The van der Waals surface area contributed by atoms with E-state index in [0.717, 1.165) is 42.5 Å². The molecule has 6 heteroatoms. The van der Waals surface area contributed by atoms with Gasteiger partial charge in [0.1, 0.15) is 0 Å². The van der Waals surface area contributed by atoms with Crippen LogP contribution in [0.1, 0.15) is 55.0 Å². The van der Waals surface area contributed by atoms with Gasteiger partial charge in [-0.15, -0.1) is 0 Å². The maximum Gasteiger partial charge on any atom is 0.261 e. The van der Waals surface area contributed by atoms with E-state index in [2.05, 4.69) is 17.0 Å². The third kappa shape index (κ3) is 3.83. The predicted octanol–water partition coefficient (Wildman–Crippen LogP) is 5.47. The molecule has 0 spiro atoms. The second-order valence-electron chi connectivity index (χ2n) is 8.42. The van der Waals surface area contributed by atoms with E-state index in [1.807, 2.05) is 24.3 Å². The minimum Gasteiger partial charge on any atom is -0.341 e. The Labute approximate surface area is 197 Å². The maximum atomic E-state index is 12.6. The standard InChI is InChI=1S/C27H23ClN2O3/c28-23-16-25-19(15-20(23)17-31)12-11-18-7-1-4-10-24(18)29(25)13-5-6-14-30-26(32)21-8-2-3-9-22(21)27(30)33/h1-4,7-10,15-17H,5-6,11-14H2. The number of carbonyl (C=O) groups is 3. The number of rotatable bonds is 6. The molecule has 2 heterocycles. The number of hydrogen-bond donors (Lipinski definition) is 0. The molecule has 5 rings (SSSR count). The van der Waals surface area contributed by atoms with E-state index in [9.17, 15) is 14.4 Å². The summed E-state index contributed by atoms with van der Waals surface area (Å²) in [5.41, 5.74) is 5.96. The van der Waals surface area contributed by atoms with Crippen LogP contribution in [0.15, 0.2) is 60.7 Å². The number of aryl methyl sites for hydroxylation is 2. The number of fused-ring (bicyclic) bond motifs is 3. The van der Waals surface area contributed by atoms with E-state index in [1.165, 1.54) is 10.5 Å². The van der Waals surface area contributed by atoms with Crippen LogP contribution in [-0.2, 0) is 12.8 Å². The number of benzene rings is 3. The van der Waals surface area contributed by atoms with Crippen molar-refractivity contribution < 1.29 is 14.4 Å². The molecule has 2 aliphatic rings. The summed E-state index contributed by atoms with van der Waals surface area (Å²) < 4.78 is 0. The highest BCUT2D eigenvalue weighted by Gasteiger charge is 2.34. The van der Waals surface area contributed by atoms with Crippen LogP contribution in [0, 0.1) is 0 Å². The number of unbranched alkanes of at least 4 members (excludes halogenated alkanes) is 1. The molecule has 3 aromatic rings. The largest absolute Gasteiger partial charge is 0.341 e. The summed E-state index contributed by atoms with van der Waals surface area (Å²) in [5.74, 6) is -0.427. The summed E-state index contributed by atoms with van der Waals surface area (Å²) in [5, 5.41) is 0.444. The lowest BCUT2D eigenvalue weighted by molar-refractivity contribution is 0.0651. The summed E-state index contributed by atoms with van der Waals surface area (Å²) in [6.45, 7) is 1.10. The normalized spacial score (nSPS) is 14.6. The van der Waals surface area contributed by atoms with Gasteiger partial charge in [0.05, 0.1) is 16.1 Å². The van der Waals surface area contributed by atoms with Crippen LogP contribution >= 0.6 is 11.6 Å². The average Bonchev–Trinajstić information content (AvgIpc) is 2.98. The minimum absolute atomic E-state index is 0.214. The van der Waals surface area contributed by atoms with E-state index < -0.39 is 0 Å². The first kappa shape index (κ1) is 21.4. The molecule has 2 amide bonds. The molecule has 2 aliphatic heterocycles. The van der Waals surface area contributed by atoms with E-state index in [0.29, 0.717) is 41.2 Å². The molecule has 166 valence electrons.